The Bertz CT molecular complexity index is 1190. The summed E-state index contributed by atoms with van der Waals surface area (Å²) in [7, 11) is -3.56. The van der Waals surface area contributed by atoms with Crippen molar-refractivity contribution in [3.8, 4) is 11.4 Å². The molecule has 0 amide bonds. The minimum Gasteiger partial charge on any atom is -0.452 e. The molecule has 2 aromatic heterocycles. The number of esters is 1. The summed E-state index contributed by atoms with van der Waals surface area (Å²) < 4.78 is 42.0. The van der Waals surface area contributed by atoms with E-state index in [1.54, 1.807) is 36.7 Å². The highest BCUT2D eigenvalue weighted by molar-refractivity contribution is 7.89. The summed E-state index contributed by atoms with van der Waals surface area (Å²) >= 11 is 0. The monoisotopic (exact) mass is 456 g/mol. The summed E-state index contributed by atoms with van der Waals surface area (Å²) in [6.07, 6.45) is 6.00. The number of carbonyl (C=O) groups is 1. The van der Waals surface area contributed by atoms with Crippen molar-refractivity contribution in [3.05, 3.63) is 66.3 Å². The first-order chi connectivity index (χ1) is 15.5. The van der Waals surface area contributed by atoms with Gasteiger partial charge >= 0.3 is 5.97 Å². The van der Waals surface area contributed by atoms with Gasteiger partial charge in [0.15, 0.2) is 6.61 Å². The molecule has 1 fully saturated rings. The molecule has 0 unspecified atom stereocenters. The Balaban J connectivity index is 1.31. The van der Waals surface area contributed by atoms with Crippen LogP contribution in [0.2, 0.25) is 0 Å². The average Bonchev–Trinajstić information content (AvgIpc) is 3.32. The van der Waals surface area contributed by atoms with Crippen molar-refractivity contribution < 1.29 is 27.2 Å². The van der Waals surface area contributed by atoms with E-state index in [1.807, 2.05) is 0 Å². The van der Waals surface area contributed by atoms with Crippen LogP contribution in [0, 0.1) is 0 Å². The normalized spacial score (nSPS) is 15.1. The fraction of sp³-hybridized carbons (Fsp3) is 0.238. The quantitative estimate of drug-likeness (QED) is 0.387. The number of sulfonamides is 1. The Morgan fingerprint density at radius 1 is 1.16 bits per heavy atom. The topological polar surface area (TPSA) is 125 Å². The first-order valence-electron chi connectivity index (χ1n) is 9.78. The molecule has 0 N–H and O–H groups in total. The summed E-state index contributed by atoms with van der Waals surface area (Å²) in [6.45, 7) is 1.26. The molecule has 0 aliphatic carbocycles. The lowest BCUT2D eigenvalue weighted by Crippen LogP contribution is -2.40. The number of morpholine rings is 1. The third kappa shape index (κ3) is 5.25. The maximum absolute atomic E-state index is 12.6. The predicted molar refractivity (Wildman–Crippen MR) is 112 cm³/mol. The molecule has 3 aromatic rings. The predicted octanol–water partition coefficient (Wildman–Crippen LogP) is 1.91. The van der Waals surface area contributed by atoms with E-state index >= 15 is 0 Å². The minimum absolute atomic E-state index is 0.156. The number of nitrogens with zero attached hydrogens (tertiary/aromatic N) is 4. The Morgan fingerprint density at radius 2 is 1.94 bits per heavy atom. The van der Waals surface area contributed by atoms with E-state index in [2.05, 4.69) is 15.1 Å². The van der Waals surface area contributed by atoms with Gasteiger partial charge in [-0.15, -0.1) is 0 Å². The zero-order chi connectivity index (χ0) is 22.4. The van der Waals surface area contributed by atoms with Gasteiger partial charge in [-0.2, -0.15) is 9.29 Å². The number of carbonyl (C=O) groups excluding carboxylic acids is 1. The van der Waals surface area contributed by atoms with Crippen LogP contribution in [0.4, 0.5) is 0 Å². The van der Waals surface area contributed by atoms with E-state index in [0.29, 0.717) is 43.3 Å². The van der Waals surface area contributed by atoms with Crippen LogP contribution < -0.4 is 0 Å². The molecule has 3 heterocycles. The Kier molecular flexibility index (Phi) is 6.69. The van der Waals surface area contributed by atoms with Crippen LogP contribution in [0.5, 0.6) is 0 Å². The molecule has 11 heteroatoms. The first-order valence-corrected chi connectivity index (χ1v) is 11.2. The molecule has 0 atom stereocenters. The lowest BCUT2D eigenvalue weighted by Gasteiger charge is -2.26. The molecule has 1 aliphatic heterocycles. The van der Waals surface area contributed by atoms with E-state index in [4.69, 9.17) is 14.0 Å². The molecule has 0 saturated carbocycles. The summed E-state index contributed by atoms with van der Waals surface area (Å²) in [6, 6.07) is 9.79. The molecule has 0 radical (unpaired) electrons. The van der Waals surface area contributed by atoms with Gasteiger partial charge in [0.05, 0.1) is 18.1 Å². The van der Waals surface area contributed by atoms with Gasteiger partial charge in [-0.05, 0) is 35.9 Å². The van der Waals surface area contributed by atoms with Crippen molar-refractivity contribution in [1.82, 2.24) is 19.4 Å². The van der Waals surface area contributed by atoms with Gasteiger partial charge in [-0.25, -0.2) is 13.2 Å². The molecule has 4 rings (SSSR count). The molecule has 32 heavy (non-hydrogen) atoms. The smallest absolute Gasteiger partial charge is 0.331 e. The van der Waals surface area contributed by atoms with Crippen molar-refractivity contribution in [1.29, 1.82) is 0 Å². The SMILES string of the molecule is O=C(/C=C/c1ccc(S(=O)(=O)N2CCOCC2)cc1)OCc1nc(-c2cccnc2)no1. The highest BCUT2D eigenvalue weighted by Crippen LogP contribution is 2.18. The van der Waals surface area contributed by atoms with Gasteiger partial charge in [-0.3, -0.25) is 4.98 Å². The van der Waals surface area contributed by atoms with Crippen molar-refractivity contribution in [3.63, 3.8) is 0 Å². The molecule has 10 nitrogen and oxygen atoms in total. The molecule has 1 saturated heterocycles. The van der Waals surface area contributed by atoms with Crippen molar-refractivity contribution in [2.75, 3.05) is 26.3 Å². The molecular weight excluding hydrogens is 436 g/mol. The van der Waals surface area contributed by atoms with E-state index < -0.39 is 16.0 Å². The van der Waals surface area contributed by atoms with Crippen LogP contribution in [-0.4, -0.2) is 60.1 Å². The Hall–Kier alpha value is -3.41. The summed E-state index contributed by atoms with van der Waals surface area (Å²) in [5.41, 5.74) is 1.34. The number of ether oxygens (including phenoxy) is 2. The zero-order valence-corrected chi connectivity index (χ0v) is 17.8. The number of benzene rings is 1. The van der Waals surface area contributed by atoms with Gasteiger partial charge in [-0.1, -0.05) is 17.3 Å². The fourth-order valence-corrected chi connectivity index (χ4v) is 4.37. The number of rotatable bonds is 7. The second kappa shape index (κ2) is 9.81. The van der Waals surface area contributed by atoms with E-state index in [1.165, 1.54) is 28.6 Å². The van der Waals surface area contributed by atoms with Crippen LogP contribution in [0.15, 0.2) is 64.3 Å². The van der Waals surface area contributed by atoms with Crippen LogP contribution in [-0.2, 0) is 30.9 Å². The second-order valence-corrected chi connectivity index (χ2v) is 8.72. The minimum atomic E-state index is -3.56. The average molecular weight is 456 g/mol. The summed E-state index contributed by atoms with van der Waals surface area (Å²) in [4.78, 5) is 20.3. The maximum Gasteiger partial charge on any atom is 0.331 e. The molecule has 166 valence electrons. The van der Waals surface area contributed by atoms with Crippen molar-refractivity contribution in [2.45, 2.75) is 11.5 Å². The standard InChI is InChI=1S/C21H20N4O6S/c26-20(30-15-19-23-21(24-31-19)17-2-1-9-22-14-17)8-5-16-3-6-18(7-4-16)32(27,28)25-10-12-29-13-11-25/h1-9,14H,10-13,15H2/b8-5+. The highest BCUT2D eigenvalue weighted by Gasteiger charge is 2.25. The van der Waals surface area contributed by atoms with Crippen LogP contribution >= 0.6 is 0 Å². The van der Waals surface area contributed by atoms with E-state index in [9.17, 15) is 13.2 Å². The second-order valence-electron chi connectivity index (χ2n) is 6.78. The van der Waals surface area contributed by atoms with Gasteiger partial charge in [0.1, 0.15) is 0 Å². The van der Waals surface area contributed by atoms with Crippen LogP contribution in [0.1, 0.15) is 11.5 Å². The number of aromatic nitrogens is 3. The highest BCUT2D eigenvalue weighted by atomic mass is 32.2. The van der Waals surface area contributed by atoms with Gasteiger partial charge < -0.3 is 14.0 Å². The molecule has 1 aromatic carbocycles. The molecule has 1 aliphatic rings. The molecule has 0 spiro atoms. The third-order valence-electron chi connectivity index (χ3n) is 4.63. The first kappa shape index (κ1) is 21.8. The number of hydrogen-bond donors (Lipinski definition) is 0. The van der Waals surface area contributed by atoms with E-state index in [-0.39, 0.29) is 17.4 Å². The lowest BCUT2D eigenvalue weighted by molar-refractivity contribution is -0.139. The van der Waals surface area contributed by atoms with E-state index in [0.717, 1.165) is 0 Å². The van der Waals surface area contributed by atoms with Gasteiger partial charge in [0, 0.05) is 37.1 Å². The third-order valence-corrected chi connectivity index (χ3v) is 6.54. The Labute approximate surface area is 184 Å². The van der Waals surface area contributed by atoms with Crippen LogP contribution in [0.3, 0.4) is 0 Å². The summed E-state index contributed by atoms with van der Waals surface area (Å²) in [5.74, 6) is -0.0915. The number of hydrogen-bond acceptors (Lipinski definition) is 9. The summed E-state index contributed by atoms with van der Waals surface area (Å²) in [5, 5.41) is 3.82. The largest absolute Gasteiger partial charge is 0.452 e. The Morgan fingerprint density at radius 3 is 2.66 bits per heavy atom. The van der Waals surface area contributed by atoms with Gasteiger partial charge in [0.2, 0.25) is 15.8 Å². The molecule has 0 bridgehead atoms. The van der Waals surface area contributed by atoms with Crippen molar-refractivity contribution in [2.24, 2.45) is 0 Å². The van der Waals surface area contributed by atoms with Crippen molar-refractivity contribution >= 4 is 22.1 Å². The molecular formula is C21H20N4O6S. The van der Waals surface area contributed by atoms with Crippen LogP contribution in [0.25, 0.3) is 17.5 Å². The lowest BCUT2D eigenvalue weighted by atomic mass is 10.2. The number of pyridine rings is 1. The maximum atomic E-state index is 12.6. The zero-order valence-electron chi connectivity index (χ0n) is 17.0. The van der Waals surface area contributed by atoms with Gasteiger partial charge in [0.25, 0.3) is 5.89 Å². The fourth-order valence-electron chi connectivity index (χ4n) is 2.96.